The Bertz CT molecular complexity index is 546. The van der Waals surface area contributed by atoms with Gasteiger partial charge >= 0.3 is 0 Å². The second kappa shape index (κ2) is 8.02. The molecule has 1 atom stereocenters. The van der Waals surface area contributed by atoms with Gasteiger partial charge in [-0.05, 0) is 40.8 Å². The van der Waals surface area contributed by atoms with Crippen LogP contribution >= 0.6 is 12.4 Å². The maximum Gasteiger partial charge on any atom is 0.0682 e. The number of hydrogen-bond acceptors (Lipinski definition) is 3. The maximum absolute atomic E-state index is 9.17. The Balaban J connectivity index is 0.00000200. The van der Waals surface area contributed by atoms with Gasteiger partial charge in [0.1, 0.15) is 0 Å². The van der Waals surface area contributed by atoms with Crippen molar-refractivity contribution in [1.82, 2.24) is 0 Å². The van der Waals surface area contributed by atoms with Crippen LogP contribution in [0.15, 0.2) is 48.5 Å². The zero-order chi connectivity index (χ0) is 13.7. The number of aliphatic hydroxyl groups excluding tert-OH is 2. The Hall–Kier alpha value is -1.39. The summed E-state index contributed by atoms with van der Waals surface area (Å²) in [6.45, 7) is 0.128. The Morgan fingerprint density at radius 1 is 0.950 bits per heavy atom. The molecule has 0 bridgehead atoms. The van der Waals surface area contributed by atoms with Crippen molar-refractivity contribution in [3.8, 4) is 11.1 Å². The van der Waals surface area contributed by atoms with Gasteiger partial charge in [0, 0.05) is 12.6 Å². The van der Waals surface area contributed by atoms with E-state index in [-0.39, 0.29) is 31.7 Å². The van der Waals surface area contributed by atoms with Gasteiger partial charge in [-0.25, -0.2) is 0 Å². The summed E-state index contributed by atoms with van der Waals surface area (Å²) in [5.74, 6) is 0. The second-order valence-electron chi connectivity index (χ2n) is 4.60. The van der Waals surface area contributed by atoms with Crippen LogP contribution in [0.25, 0.3) is 11.1 Å². The quantitative estimate of drug-likeness (QED) is 0.794. The summed E-state index contributed by atoms with van der Waals surface area (Å²) in [4.78, 5) is 0. The lowest BCUT2D eigenvalue weighted by Gasteiger charge is -2.12. The molecule has 0 spiro atoms. The largest absolute Gasteiger partial charge is 0.396 e. The third-order valence-electron chi connectivity index (χ3n) is 3.20. The normalized spacial score (nSPS) is 11.8. The average molecular weight is 294 g/mol. The van der Waals surface area contributed by atoms with E-state index in [0.29, 0.717) is 6.42 Å². The number of aliphatic hydroxyl groups is 2. The molecule has 0 saturated carbocycles. The molecule has 0 amide bonds. The molecule has 2 aromatic carbocycles. The third-order valence-corrected chi connectivity index (χ3v) is 3.20. The van der Waals surface area contributed by atoms with Crippen molar-refractivity contribution < 1.29 is 10.2 Å². The Labute approximate surface area is 125 Å². The van der Waals surface area contributed by atoms with E-state index in [1.54, 1.807) is 0 Å². The van der Waals surface area contributed by atoms with E-state index in [0.717, 1.165) is 22.3 Å². The van der Waals surface area contributed by atoms with Crippen LogP contribution in [0.2, 0.25) is 0 Å². The van der Waals surface area contributed by atoms with Gasteiger partial charge in [-0.15, -0.1) is 12.4 Å². The average Bonchev–Trinajstić information content (AvgIpc) is 2.48. The monoisotopic (exact) mass is 293 g/mol. The zero-order valence-corrected chi connectivity index (χ0v) is 12.0. The van der Waals surface area contributed by atoms with Crippen molar-refractivity contribution in [2.45, 2.75) is 19.1 Å². The molecule has 4 N–H and O–H groups in total. The van der Waals surface area contributed by atoms with E-state index < -0.39 is 0 Å². The van der Waals surface area contributed by atoms with E-state index in [9.17, 15) is 5.11 Å². The van der Waals surface area contributed by atoms with Crippen molar-refractivity contribution >= 4 is 12.4 Å². The summed E-state index contributed by atoms with van der Waals surface area (Å²) >= 11 is 0. The lowest BCUT2D eigenvalue weighted by Crippen LogP contribution is -2.11. The molecule has 108 valence electrons. The second-order valence-corrected chi connectivity index (χ2v) is 4.60. The zero-order valence-electron chi connectivity index (χ0n) is 11.2. The minimum atomic E-state index is -0.147. The number of nitrogens with two attached hydrogens (primary N) is 1. The highest BCUT2D eigenvalue weighted by Gasteiger charge is 2.07. The van der Waals surface area contributed by atoms with Gasteiger partial charge in [0.05, 0.1) is 6.61 Å². The molecule has 3 nitrogen and oxygen atoms in total. The molecule has 0 saturated heterocycles. The molecular formula is C16H20ClNO2. The molecule has 0 aliphatic rings. The topological polar surface area (TPSA) is 66.5 Å². The Morgan fingerprint density at radius 3 is 2.25 bits per heavy atom. The molecule has 0 fully saturated rings. The first-order valence-electron chi connectivity index (χ1n) is 6.41. The van der Waals surface area contributed by atoms with Crippen LogP contribution in [0, 0.1) is 0 Å². The number of halogens is 1. The van der Waals surface area contributed by atoms with Crippen molar-refractivity contribution in [3.05, 3.63) is 59.7 Å². The molecule has 20 heavy (non-hydrogen) atoms. The van der Waals surface area contributed by atoms with Gasteiger partial charge in [-0.3, -0.25) is 0 Å². The maximum atomic E-state index is 9.17. The summed E-state index contributed by atoms with van der Waals surface area (Å²) in [5, 5.41) is 18.1. The predicted molar refractivity (Wildman–Crippen MR) is 83.7 cm³/mol. The molecule has 0 heterocycles. The van der Waals surface area contributed by atoms with Gasteiger partial charge < -0.3 is 15.9 Å². The molecule has 2 rings (SSSR count). The number of rotatable bonds is 5. The van der Waals surface area contributed by atoms with E-state index in [2.05, 4.69) is 0 Å². The Kier molecular flexibility index (Phi) is 6.68. The highest BCUT2D eigenvalue weighted by molar-refractivity contribution is 5.85. The van der Waals surface area contributed by atoms with Crippen LogP contribution in [0.4, 0.5) is 0 Å². The summed E-state index contributed by atoms with van der Waals surface area (Å²) in [6.07, 6.45) is 0.556. The van der Waals surface area contributed by atoms with Crippen LogP contribution in [0.3, 0.4) is 0 Å². The van der Waals surface area contributed by atoms with E-state index in [1.807, 2.05) is 48.5 Å². The van der Waals surface area contributed by atoms with Crippen molar-refractivity contribution in [2.24, 2.45) is 5.73 Å². The molecule has 0 aromatic heterocycles. The van der Waals surface area contributed by atoms with Crippen molar-refractivity contribution in [1.29, 1.82) is 0 Å². The van der Waals surface area contributed by atoms with Gasteiger partial charge in [0.25, 0.3) is 0 Å². The third kappa shape index (κ3) is 4.05. The first kappa shape index (κ1) is 16.7. The van der Waals surface area contributed by atoms with E-state index >= 15 is 0 Å². The molecule has 1 unspecified atom stereocenters. The molecule has 0 aliphatic carbocycles. The van der Waals surface area contributed by atoms with E-state index in [4.69, 9.17) is 10.8 Å². The van der Waals surface area contributed by atoms with Crippen LogP contribution in [0.1, 0.15) is 23.6 Å². The number of hydrogen-bond donors (Lipinski definition) is 3. The molecule has 4 heteroatoms. The van der Waals surface area contributed by atoms with Crippen molar-refractivity contribution in [2.75, 3.05) is 6.61 Å². The minimum Gasteiger partial charge on any atom is -0.396 e. The van der Waals surface area contributed by atoms with Gasteiger partial charge in [-0.2, -0.15) is 0 Å². The van der Waals surface area contributed by atoms with E-state index in [1.165, 1.54) is 0 Å². The molecular weight excluding hydrogens is 274 g/mol. The van der Waals surface area contributed by atoms with Crippen LogP contribution in [-0.4, -0.2) is 16.8 Å². The number of benzene rings is 2. The first-order chi connectivity index (χ1) is 9.24. The van der Waals surface area contributed by atoms with Crippen LogP contribution < -0.4 is 5.73 Å². The first-order valence-corrected chi connectivity index (χ1v) is 6.41. The highest BCUT2D eigenvalue weighted by Crippen LogP contribution is 2.24. The smallest absolute Gasteiger partial charge is 0.0682 e. The minimum absolute atomic E-state index is 0. The fourth-order valence-corrected chi connectivity index (χ4v) is 2.10. The summed E-state index contributed by atoms with van der Waals surface area (Å²) < 4.78 is 0. The fraction of sp³-hybridized carbons (Fsp3) is 0.250. The lowest BCUT2D eigenvalue weighted by atomic mass is 9.97. The molecule has 0 radical (unpaired) electrons. The Morgan fingerprint density at radius 2 is 1.60 bits per heavy atom. The highest BCUT2D eigenvalue weighted by atomic mass is 35.5. The van der Waals surface area contributed by atoms with Gasteiger partial charge in [-0.1, -0.05) is 36.4 Å². The lowest BCUT2D eigenvalue weighted by molar-refractivity contribution is 0.276. The predicted octanol–water partition coefficient (Wildman–Crippen LogP) is 2.65. The van der Waals surface area contributed by atoms with Crippen LogP contribution in [0.5, 0.6) is 0 Å². The summed E-state index contributed by atoms with van der Waals surface area (Å²) in [7, 11) is 0. The standard InChI is InChI=1S/C16H19NO2.ClH/c17-16(7-8-18)15-6-2-5-14(10-15)13-4-1-3-12(9-13)11-19;/h1-6,9-10,16,18-19H,7-8,11,17H2;1H. The molecule has 2 aromatic rings. The molecule has 0 aliphatic heterocycles. The van der Waals surface area contributed by atoms with Gasteiger partial charge in [0.15, 0.2) is 0 Å². The summed E-state index contributed by atoms with van der Waals surface area (Å²) in [6, 6.07) is 15.7. The SMILES string of the molecule is Cl.NC(CCO)c1cccc(-c2cccc(CO)c2)c1. The van der Waals surface area contributed by atoms with Crippen LogP contribution in [-0.2, 0) is 6.61 Å². The fourth-order valence-electron chi connectivity index (χ4n) is 2.10. The summed E-state index contributed by atoms with van der Waals surface area (Å²) in [5.41, 5.74) is 10.0. The van der Waals surface area contributed by atoms with Crippen molar-refractivity contribution in [3.63, 3.8) is 0 Å². The van der Waals surface area contributed by atoms with Gasteiger partial charge in [0.2, 0.25) is 0 Å².